The average molecular weight is 1170 g/mol. The van der Waals surface area contributed by atoms with Crippen LogP contribution in [0, 0.1) is 23.7 Å². The number of nitrogens with one attached hydrogen (secondary N) is 4. The summed E-state index contributed by atoms with van der Waals surface area (Å²) in [5, 5.41) is 9.52. The maximum absolute atomic E-state index is 14.7. The minimum atomic E-state index is -0.933. The Labute approximate surface area is 488 Å². The number of ether oxygens (including phenoxy) is 2. The molecule has 0 spiro atoms. The molecule has 3 aliphatic rings. The molecule has 24 nitrogen and oxygen atoms in total. The quantitative estimate of drug-likeness (QED) is 0.0639. The lowest BCUT2D eigenvalue weighted by atomic mass is 9.87. The van der Waals surface area contributed by atoms with E-state index in [1.54, 1.807) is 30.9 Å². The third kappa shape index (κ3) is 18.1. The third-order valence-electron chi connectivity index (χ3n) is 16.4. The number of para-hydroxylation sites is 1. The number of likely N-dealkylation sites (tertiary alicyclic amines) is 1. The first kappa shape index (κ1) is 67.5. The lowest BCUT2D eigenvalue weighted by Crippen LogP contribution is -2.60. The van der Waals surface area contributed by atoms with Gasteiger partial charge in [0.05, 0.1) is 49.3 Å². The molecule has 462 valence electrons. The Balaban J connectivity index is 1.18. The Bertz CT molecular complexity index is 2550. The molecule has 4 N–H and O–H groups in total. The minimum absolute atomic E-state index is 0.00628. The van der Waals surface area contributed by atoms with E-state index in [-0.39, 0.29) is 80.9 Å². The molecule has 4 heterocycles. The molecule has 1 aromatic heterocycles. The average Bonchev–Trinajstić information content (AvgIpc) is 4.38. The first-order chi connectivity index (χ1) is 39.4. The summed E-state index contributed by atoms with van der Waals surface area (Å²) in [6.07, 6.45) is 4.17. The van der Waals surface area contributed by atoms with E-state index in [4.69, 9.17) is 19.1 Å². The summed E-state index contributed by atoms with van der Waals surface area (Å²) in [4.78, 5) is 152. The second kappa shape index (κ2) is 32.1. The van der Waals surface area contributed by atoms with E-state index in [1.807, 2.05) is 84.0 Å². The van der Waals surface area contributed by atoms with Crippen molar-refractivity contribution >= 4 is 70.0 Å². The number of hydrazine groups is 1. The van der Waals surface area contributed by atoms with Crippen LogP contribution in [0.15, 0.2) is 30.5 Å². The van der Waals surface area contributed by atoms with Crippen LogP contribution in [0.3, 0.4) is 0 Å². The van der Waals surface area contributed by atoms with E-state index in [9.17, 15) is 47.9 Å². The van der Waals surface area contributed by atoms with E-state index < -0.39 is 95.7 Å². The van der Waals surface area contributed by atoms with Crippen LogP contribution < -0.4 is 16.1 Å². The number of rotatable bonds is 30. The topological polar surface area (TPSA) is 279 Å². The molecule has 9 amide bonds. The van der Waals surface area contributed by atoms with E-state index in [1.165, 1.54) is 19.2 Å². The van der Waals surface area contributed by atoms with Crippen molar-refractivity contribution in [3.05, 3.63) is 36.0 Å². The van der Waals surface area contributed by atoms with Gasteiger partial charge in [0.15, 0.2) is 0 Å². The number of H-pyrrole nitrogens is 1. The highest BCUT2D eigenvalue weighted by molar-refractivity contribution is 6.02. The summed E-state index contributed by atoms with van der Waals surface area (Å²) in [5.74, 6) is -6.29. The highest BCUT2D eigenvalue weighted by Crippen LogP contribution is 2.31. The van der Waals surface area contributed by atoms with Crippen LogP contribution in [0.5, 0.6) is 0 Å². The summed E-state index contributed by atoms with van der Waals surface area (Å²) < 4.78 is 12.3. The van der Waals surface area contributed by atoms with Crippen LogP contribution in [0.25, 0.3) is 10.9 Å². The molecule has 3 aliphatic heterocycles. The van der Waals surface area contributed by atoms with Gasteiger partial charge >= 0.3 is 5.97 Å². The number of nitrogens with zero attached hydrogens (tertiary/aromatic N) is 6. The zero-order valence-electron chi connectivity index (χ0n) is 50.9. The van der Waals surface area contributed by atoms with Crippen LogP contribution in [0.2, 0.25) is 0 Å². The van der Waals surface area contributed by atoms with Crippen LogP contribution >= 0.6 is 0 Å². The molecule has 0 radical (unpaired) electrons. The van der Waals surface area contributed by atoms with Gasteiger partial charge in [-0.2, -0.15) is 0 Å². The van der Waals surface area contributed by atoms with Crippen molar-refractivity contribution in [1.29, 1.82) is 0 Å². The van der Waals surface area contributed by atoms with Gasteiger partial charge in [-0.1, -0.05) is 73.1 Å². The van der Waals surface area contributed by atoms with E-state index in [0.29, 0.717) is 57.0 Å². The Morgan fingerprint density at radius 1 is 0.807 bits per heavy atom. The number of benzene rings is 1. The maximum Gasteiger partial charge on any atom is 0.333 e. The van der Waals surface area contributed by atoms with Crippen LogP contribution in [0.1, 0.15) is 138 Å². The van der Waals surface area contributed by atoms with Gasteiger partial charge in [0.2, 0.25) is 35.4 Å². The van der Waals surface area contributed by atoms with Gasteiger partial charge in [-0.3, -0.25) is 73.5 Å². The molecule has 24 heteroatoms. The van der Waals surface area contributed by atoms with Crippen molar-refractivity contribution < 1.29 is 67.1 Å². The van der Waals surface area contributed by atoms with Gasteiger partial charge in [0.1, 0.15) is 6.04 Å². The summed E-state index contributed by atoms with van der Waals surface area (Å²) >= 11 is 0. The number of carbonyl (C=O) groups is 10. The SMILES string of the molecule is CC[C@H](C)[C@@H]([C@@H](CC(=O)N1CCC[C@H]1[C@H](OC)[C@@H](C)C(=O)N[C@@H](Cc1c[nH]c2ccccc12)C(=O)N1CCCCO1)OC)N(C)[C@H](C(=O)NC(=O)[C@H](C(C)C)N(C)CCCC(=O)NN(C)C(=O)CCCC(=O)ON1C(=O)CCC1=O)C(C)C. The molecule has 83 heavy (non-hydrogen) atoms. The second-order valence-electron chi connectivity index (χ2n) is 23.1. The molecule has 0 unspecified atom stereocenters. The summed E-state index contributed by atoms with van der Waals surface area (Å²) in [5.41, 5.74) is 4.31. The largest absolute Gasteiger partial charge is 0.379 e. The Kier molecular flexibility index (Phi) is 26.1. The first-order valence-electron chi connectivity index (χ1n) is 29.5. The summed E-state index contributed by atoms with van der Waals surface area (Å²) in [6.45, 7) is 14.9. The Morgan fingerprint density at radius 2 is 1.48 bits per heavy atom. The van der Waals surface area contributed by atoms with E-state index in [0.717, 1.165) is 34.3 Å². The van der Waals surface area contributed by atoms with Crippen molar-refractivity contribution in [2.45, 2.75) is 181 Å². The minimum Gasteiger partial charge on any atom is -0.379 e. The van der Waals surface area contributed by atoms with Crippen LogP contribution in [-0.2, 0) is 73.5 Å². The number of aromatic nitrogens is 1. The molecule has 3 saturated heterocycles. The predicted octanol–water partition coefficient (Wildman–Crippen LogP) is 3.81. The number of carbonyl (C=O) groups excluding carboxylic acids is 10. The summed E-state index contributed by atoms with van der Waals surface area (Å²) in [7, 11) is 8.01. The molecule has 9 atom stereocenters. The fourth-order valence-corrected chi connectivity index (χ4v) is 11.9. The number of hydrogen-bond acceptors (Lipinski definition) is 16. The van der Waals surface area contributed by atoms with Gasteiger partial charge in [-0.15, -0.1) is 5.06 Å². The lowest BCUT2D eigenvalue weighted by Gasteiger charge is -2.43. The highest BCUT2D eigenvalue weighted by atomic mass is 16.7. The fourth-order valence-electron chi connectivity index (χ4n) is 11.9. The van der Waals surface area contributed by atoms with Gasteiger partial charge in [-0.25, -0.2) is 9.86 Å². The molecule has 0 saturated carbocycles. The molecule has 0 aliphatic carbocycles. The van der Waals surface area contributed by atoms with Crippen LogP contribution in [-0.4, -0.2) is 198 Å². The number of hydroxylamine groups is 4. The van der Waals surface area contributed by atoms with Gasteiger partial charge < -0.3 is 29.5 Å². The number of likely N-dealkylation sites (N-methyl/N-ethyl adjacent to an activating group) is 2. The predicted molar refractivity (Wildman–Crippen MR) is 306 cm³/mol. The lowest BCUT2D eigenvalue weighted by molar-refractivity contribution is -0.199. The monoisotopic (exact) mass is 1160 g/mol. The van der Waals surface area contributed by atoms with Crippen molar-refractivity contribution in [3.63, 3.8) is 0 Å². The number of amides is 9. The van der Waals surface area contributed by atoms with Crippen LogP contribution in [0.4, 0.5) is 0 Å². The zero-order valence-corrected chi connectivity index (χ0v) is 50.9. The number of methoxy groups -OCH3 is 2. The second-order valence-corrected chi connectivity index (χ2v) is 23.1. The maximum atomic E-state index is 14.7. The van der Waals surface area contributed by atoms with Crippen molar-refractivity contribution in [1.82, 2.24) is 50.9 Å². The third-order valence-corrected chi connectivity index (χ3v) is 16.4. The highest BCUT2D eigenvalue weighted by Gasteiger charge is 2.45. The van der Waals surface area contributed by atoms with Gasteiger partial charge in [0, 0.05) is 96.0 Å². The Hall–Kier alpha value is -6.34. The normalized spacial score (nSPS) is 18.7. The number of aromatic amines is 1. The Morgan fingerprint density at radius 3 is 2.11 bits per heavy atom. The van der Waals surface area contributed by atoms with Gasteiger partial charge in [-0.05, 0) is 88.5 Å². The molecule has 0 bridgehead atoms. The van der Waals surface area contributed by atoms with Crippen molar-refractivity contribution in [3.8, 4) is 0 Å². The molecule has 5 rings (SSSR count). The van der Waals surface area contributed by atoms with E-state index in [2.05, 4.69) is 21.0 Å². The number of fused-ring (bicyclic) bond motifs is 1. The molecule has 3 fully saturated rings. The zero-order chi connectivity index (χ0) is 61.2. The molecule has 1 aromatic carbocycles. The van der Waals surface area contributed by atoms with Crippen molar-refractivity contribution in [2.24, 2.45) is 23.7 Å². The fraction of sp³-hybridized carbons (Fsp3) is 0.695. The summed E-state index contributed by atoms with van der Waals surface area (Å²) in [6, 6.07) is 4.34. The smallest absolute Gasteiger partial charge is 0.333 e. The first-order valence-corrected chi connectivity index (χ1v) is 29.5. The molecular weight excluding hydrogens is 1070 g/mol. The van der Waals surface area contributed by atoms with Crippen molar-refractivity contribution in [2.75, 3.05) is 61.6 Å². The molecule has 2 aromatic rings. The van der Waals surface area contributed by atoms with E-state index >= 15 is 0 Å². The molecular formula is C59H92N10O14. The van der Waals surface area contributed by atoms with Gasteiger partial charge in [0.25, 0.3) is 17.7 Å². The number of hydrogen-bond donors (Lipinski definition) is 4. The standard InChI is InChI=1S/C59H92N10O14/c1-13-38(6)54(65(9)53(37(4)5)58(78)62-57(77)52(36(2)3)64(8)29-20-24-46(70)63-66(10)47(71)25-18-26-51(75)83-69-48(72)27-28-49(69)73)45(80-11)34-50(74)67-30-19-23-44(67)55(81-12)39(7)56(76)61-43(59(79)68-31-16-17-32-82-68)33-40-35-60-42-22-15-14-21-41(40)42/h14-15,21-22,35-39,43-45,52-55,60H,13,16-20,23-34H2,1-12H3,(H,61,76)(H,63,70)(H,62,77,78)/t38-,39+,43-,44-,45+,52-,53-,54-,55+/m0/s1. The number of imide groups is 2.